The molecule has 0 unspecified atom stereocenters. The Bertz CT molecular complexity index is 1160. The summed E-state index contributed by atoms with van der Waals surface area (Å²) in [5.41, 5.74) is 3.80. The Balaban J connectivity index is 1.94. The van der Waals surface area contributed by atoms with Crippen LogP contribution in [-0.4, -0.2) is 15.6 Å². The third-order valence-electron chi connectivity index (χ3n) is 4.42. The number of amides is 1. The summed E-state index contributed by atoms with van der Waals surface area (Å²) in [4.78, 5) is 12.5. The third kappa shape index (κ3) is 4.45. The Hall–Kier alpha value is -3.20. The van der Waals surface area contributed by atoms with E-state index in [1.807, 2.05) is 36.6 Å². The van der Waals surface area contributed by atoms with E-state index in [1.54, 1.807) is 30.3 Å². The van der Waals surface area contributed by atoms with Gasteiger partial charge in [0, 0.05) is 22.8 Å². The van der Waals surface area contributed by atoms with Gasteiger partial charge in [0.25, 0.3) is 5.91 Å². The Labute approximate surface area is 178 Å². The van der Waals surface area contributed by atoms with Gasteiger partial charge in [-0.05, 0) is 74.0 Å². The minimum atomic E-state index is -0.530. The number of carbonyl (C=O) groups excluding carboxylic acids is 1. The van der Waals surface area contributed by atoms with Crippen molar-refractivity contribution in [2.45, 2.75) is 13.8 Å². The van der Waals surface area contributed by atoms with E-state index < -0.39 is 5.91 Å². The van der Waals surface area contributed by atoms with E-state index in [4.69, 9.17) is 23.2 Å². The van der Waals surface area contributed by atoms with Gasteiger partial charge >= 0.3 is 0 Å². The van der Waals surface area contributed by atoms with Crippen molar-refractivity contribution in [2.75, 3.05) is 5.32 Å². The zero-order valence-electron chi connectivity index (χ0n) is 15.7. The number of phenols is 1. The van der Waals surface area contributed by atoms with Crippen LogP contribution >= 0.6 is 23.2 Å². The van der Waals surface area contributed by atoms with Gasteiger partial charge in [0.05, 0.1) is 10.0 Å². The Kier molecular flexibility index (Phi) is 5.97. The molecule has 0 aliphatic carbocycles. The van der Waals surface area contributed by atoms with Crippen LogP contribution in [0.25, 0.3) is 11.8 Å². The van der Waals surface area contributed by atoms with Crippen LogP contribution in [0.15, 0.2) is 54.1 Å². The second-order valence-electron chi connectivity index (χ2n) is 6.43. The fourth-order valence-corrected chi connectivity index (χ4v) is 3.29. The first kappa shape index (κ1) is 20.5. The predicted molar refractivity (Wildman–Crippen MR) is 116 cm³/mol. The van der Waals surface area contributed by atoms with Gasteiger partial charge in [-0.25, -0.2) is 0 Å². The maximum absolute atomic E-state index is 12.5. The molecular formula is C22H17Cl2N3O2. The summed E-state index contributed by atoms with van der Waals surface area (Å²) in [7, 11) is 0. The monoisotopic (exact) mass is 425 g/mol. The molecule has 3 rings (SSSR count). The highest BCUT2D eigenvalue weighted by Crippen LogP contribution is 2.28. The normalized spacial score (nSPS) is 11.2. The molecule has 3 aromatic rings. The number of aromatic hydroxyl groups is 1. The quantitative estimate of drug-likeness (QED) is 0.321. The van der Waals surface area contributed by atoms with Crippen LogP contribution in [0.1, 0.15) is 17.0 Å². The number of carbonyl (C=O) groups is 1. The SMILES string of the molecule is Cc1cc(/C=C(\C#N)C(=O)Nc2ccc(O)cc2)c(C)n1-c1ccc(Cl)c(Cl)c1. The average Bonchev–Trinajstić information content (AvgIpc) is 2.97. The summed E-state index contributed by atoms with van der Waals surface area (Å²) in [6.45, 7) is 3.82. The Morgan fingerprint density at radius 2 is 1.79 bits per heavy atom. The van der Waals surface area contributed by atoms with Crippen molar-refractivity contribution < 1.29 is 9.90 Å². The number of aryl methyl sites for hydroxylation is 1. The summed E-state index contributed by atoms with van der Waals surface area (Å²) < 4.78 is 1.97. The maximum Gasteiger partial charge on any atom is 0.266 e. The second-order valence-corrected chi connectivity index (χ2v) is 7.25. The van der Waals surface area contributed by atoms with Crippen LogP contribution in [0, 0.1) is 25.2 Å². The van der Waals surface area contributed by atoms with Gasteiger partial charge in [-0.2, -0.15) is 5.26 Å². The van der Waals surface area contributed by atoms with E-state index in [1.165, 1.54) is 12.1 Å². The second kappa shape index (κ2) is 8.44. The minimum Gasteiger partial charge on any atom is -0.508 e. The smallest absolute Gasteiger partial charge is 0.266 e. The van der Waals surface area contributed by atoms with Crippen LogP contribution in [0.3, 0.4) is 0 Å². The number of nitrogens with zero attached hydrogens (tertiary/aromatic N) is 2. The lowest BCUT2D eigenvalue weighted by atomic mass is 10.1. The van der Waals surface area contributed by atoms with Crippen molar-refractivity contribution >= 4 is 40.9 Å². The maximum atomic E-state index is 12.5. The number of aromatic nitrogens is 1. The number of nitrogens with one attached hydrogen (secondary N) is 1. The molecule has 0 saturated heterocycles. The summed E-state index contributed by atoms with van der Waals surface area (Å²) in [6, 6.07) is 15.2. The molecule has 0 fully saturated rings. The van der Waals surface area contributed by atoms with Crippen molar-refractivity contribution in [1.82, 2.24) is 4.57 Å². The molecule has 1 heterocycles. The number of rotatable bonds is 4. The Morgan fingerprint density at radius 1 is 1.10 bits per heavy atom. The molecule has 0 spiro atoms. The highest BCUT2D eigenvalue weighted by Gasteiger charge is 2.14. The largest absolute Gasteiger partial charge is 0.508 e. The lowest BCUT2D eigenvalue weighted by Gasteiger charge is -2.10. The summed E-state index contributed by atoms with van der Waals surface area (Å²) in [5, 5.41) is 22.4. The molecule has 0 atom stereocenters. The van der Waals surface area contributed by atoms with Gasteiger partial charge in [-0.3, -0.25) is 4.79 Å². The van der Waals surface area contributed by atoms with Crippen LogP contribution in [0.4, 0.5) is 5.69 Å². The topological polar surface area (TPSA) is 78.1 Å². The first-order valence-corrected chi connectivity index (χ1v) is 9.42. The number of anilines is 1. The zero-order chi connectivity index (χ0) is 21.1. The molecule has 1 amide bonds. The van der Waals surface area contributed by atoms with Crippen molar-refractivity contribution in [1.29, 1.82) is 5.26 Å². The van der Waals surface area contributed by atoms with Crippen molar-refractivity contribution in [3.8, 4) is 17.5 Å². The molecule has 7 heteroatoms. The number of phenolic OH excluding ortho intramolecular Hbond substituents is 1. The van der Waals surface area contributed by atoms with Crippen molar-refractivity contribution in [2.24, 2.45) is 0 Å². The average molecular weight is 426 g/mol. The molecule has 0 aliphatic heterocycles. The van der Waals surface area contributed by atoms with Crippen molar-refractivity contribution in [3.05, 3.63) is 81.1 Å². The first-order chi connectivity index (χ1) is 13.8. The Morgan fingerprint density at radius 3 is 2.41 bits per heavy atom. The zero-order valence-corrected chi connectivity index (χ0v) is 17.2. The third-order valence-corrected chi connectivity index (χ3v) is 5.16. The molecule has 0 radical (unpaired) electrons. The molecule has 0 aliphatic rings. The molecule has 2 N–H and O–H groups in total. The molecule has 5 nitrogen and oxygen atoms in total. The fourth-order valence-electron chi connectivity index (χ4n) is 3.00. The van der Waals surface area contributed by atoms with Crippen LogP contribution < -0.4 is 5.32 Å². The lowest BCUT2D eigenvalue weighted by molar-refractivity contribution is -0.112. The van der Waals surface area contributed by atoms with Crippen LogP contribution in [-0.2, 0) is 4.79 Å². The summed E-state index contributed by atoms with van der Waals surface area (Å²) >= 11 is 12.1. The van der Waals surface area contributed by atoms with Gasteiger partial charge < -0.3 is 15.0 Å². The summed E-state index contributed by atoms with van der Waals surface area (Å²) in [6.07, 6.45) is 1.55. The molecule has 0 bridgehead atoms. The molecule has 29 heavy (non-hydrogen) atoms. The van der Waals surface area contributed by atoms with Gasteiger partial charge in [0.2, 0.25) is 0 Å². The van der Waals surface area contributed by atoms with E-state index in [0.29, 0.717) is 15.7 Å². The lowest BCUT2D eigenvalue weighted by Crippen LogP contribution is -2.13. The first-order valence-electron chi connectivity index (χ1n) is 8.66. The highest BCUT2D eigenvalue weighted by atomic mass is 35.5. The molecule has 146 valence electrons. The number of benzene rings is 2. The standard InChI is InChI=1S/C22H17Cl2N3O2/c1-13-9-15(14(2)27(13)18-5-8-20(23)21(24)11-18)10-16(12-25)22(29)26-17-3-6-19(28)7-4-17/h3-11,28H,1-2H3,(H,26,29)/b16-10+. The van der Waals surface area contributed by atoms with E-state index >= 15 is 0 Å². The molecule has 0 saturated carbocycles. The van der Waals surface area contributed by atoms with Gasteiger partial charge in [0.1, 0.15) is 17.4 Å². The van der Waals surface area contributed by atoms with Gasteiger partial charge in [0.15, 0.2) is 0 Å². The molecule has 2 aromatic carbocycles. The van der Waals surface area contributed by atoms with Gasteiger partial charge in [-0.15, -0.1) is 0 Å². The number of hydrogen-bond donors (Lipinski definition) is 2. The van der Waals surface area contributed by atoms with Gasteiger partial charge in [-0.1, -0.05) is 23.2 Å². The number of nitriles is 1. The van der Waals surface area contributed by atoms with Crippen LogP contribution in [0.2, 0.25) is 10.0 Å². The van der Waals surface area contributed by atoms with E-state index in [2.05, 4.69) is 5.32 Å². The van der Waals surface area contributed by atoms with Crippen LogP contribution in [0.5, 0.6) is 5.75 Å². The van der Waals surface area contributed by atoms with E-state index in [9.17, 15) is 15.2 Å². The number of halogens is 2. The van der Waals surface area contributed by atoms with E-state index in [0.717, 1.165) is 22.6 Å². The highest BCUT2D eigenvalue weighted by molar-refractivity contribution is 6.42. The van der Waals surface area contributed by atoms with Crippen molar-refractivity contribution in [3.63, 3.8) is 0 Å². The predicted octanol–water partition coefficient (Wildman–Crippen LogP) is 5.65. The molecular weight excluding hydrogens is 409 g/mol. The molecule has 1 aromatic heterocycles. The van der Waals surface area contributed by atoms with E-state index in [-0.39, 0.29) is 11.3 Å². The minimum absolute atomic E-state index is 0.0348. The number of hydrogen-bond acceptors (Lipinski definition) is 3. The summed E-state index contributed by atoms with van der Waals surface area (Å²) in [5.74, 6) is -0.439. The fraction of sp³-hybridized carbons (Fsp3) is 0.0909.